The van der Waals surface area contributed by atoms with E-state index in [2.05, 4.69) is 10.3 Å². The molecule has 0 spiro atoms. The van der Waals surface area contributed by atoms with Crippen LogP contribution in [0.2, 0.25) is 5.02 Å². The molecule has 1 N–H and O–H groups in total. The van der Waals surface area contributed by atoms with Crippen LogP contribution < -0.4 is 10.1 Å². The molecule has 0 bridgehead atoms. The van der Waals surface area contributed by atoms with Gasteiger partial charge in [0.15, 0.2) is 0 Å². The van der Waals surface area contributed by atoms with Crippen LogP contribution in [0, 0.1) is 13.8 Å². The zero-order valence-electron chi connectivity index (χ0n) is 11.5. The second-order valence-electron chi connectivity index (χ2n) is 4.46. The van der Waals surface area contributed by atoms with Gasteiger partial charge in [0.05, 0.1) is 23.4 Å². The third-order valence-corrected chi connectivity index (χ3v) is 3.15. The number of halogens is 1. The van der Waals surface area contributed by atoms with Gasteiger partial charge < -0.3 is 10.1 Å². The highest BCUT2D eigenvalue weighted by molar-refractivity contribution is 6.34. The maximum absolute atomic E-state index is 12.2. The fourth-order valence-electron chi connectivity index (χ4n) is 1.80. The molecule has 2 rings (SSSR count). The first kappa shape index (κ1) is 14.3. The molecule has 0 radical (unpaired) electrons. The van der Waals surface area contributed by atoms with Crippen LogP contribution in [0.3, 0.4) is 0 Å². The van der Waals surface area contributed by atoms with E-state index in [1.165, 1.54) is 6.20 Å². The lowest BCUT2D eigenvalue weighted by molar-refractivity contribution is 0.102. The molecule has 1 amide bonds. The highest BCUT2D eigenvalue weighted by Gasteiger charge is 2.13. The number of nitrogens with one attached hydrogen (secondary N) is 1. The van der Waals surface area contributed by atoms with E-state index in [0.29, 0.717) is 22.0 Å². The van der Waals surface area contributed by atoms with Gasteiger partial charge in [0.25, 0.3) is 5.91 Å². The Balaban J connectivity index is 2.30. The number of aromatic nitrogens is 1. The molecule has 0 saturated heterocycles. The number of ether oxygens (including phenoxy) is 1. The molecule has 0 saturated carbocycles. The van der Waals surface area contributed by atoms with Gasteiger partial charge in [-0.2, -0.15) is 0 Å². The van der Waals surface area contributed by atoms with E-state index < -0.39 is 0 Å². The first-order valence-corrected chi connectivity index (χ1v) is 6.47. The van der Waals surface area contributed by atoms with Crippen LogP contribution in [-0.2, 0) is 0 Å². The minimum Gasteiger partial charge on any atom is -0.495 e. The maximum Gasteiger partial charge on any atom is 0.258 e. The van der Waals surface area contributed by atoms with E-state index in [4.69, 9.17) is 16.3 Å². The zero-order valence-corrected chi connectivity index (χ0v) is 12.3. The van der Waals surface area contributed by atoms with Crippen LogP contribution in [-0.4, -0.2) is 18.0 Å². The van der Waals surface area contributed by atoms with E-state index in [9.17, 15) is 4.79 Å². The van der Waals surface area contributed by atoms with Crippen molar-refractivity contribution in [1.29, 1.82) is 0 Å². The summed E-state index contributed by atoms with van der Waals surface area (Å²) in [7, 11) is 1.56. The molecule has 5 heteroatoms. The van der Waals surface area contributed by atoms with E-state index in [0.717, 1.165) is 11.3 Å². The van der Waals surface area contributed by atoms with E-state index in [1.54, 1.807) is 19.2 Å². The minimum atomic E-state index is -0.314. The molecular weight excluding hydrogens is 276 g/mol. The second kappa shape index (κ2) is 5.92. The Morgan fingerprint density at radius 2 is 2.05 bits per heavy atom. The number of carbonyl (C=O) groups is 1. The largest absolute Gasteiger partial charge is 0.495 e. The Morgan fingerprint density at radius 1 is 1.30 bits per heavy atom. The fraction of sp³-hybridized carbons (Fsp3) is 0.200. The molecule has 1 aromatic carbocycles. The van der Waals surface area contributed by atoms with Crippen LogP contribution in [0.1, 0.15) is 21.6 Å². The average molecular weight is 291 g/mol. The van der Waals surface area contributed by atoms with Gasteiger partial charge in [0.1, 0.15) is 5.75 Å². The Kier molecular flexibility index (Phi) is 4.25. The summed E-state index contributed by atoms with van der Waals surface area (Å²) in [6.07, 6.45) is 1.47. The molecule has 0 atom stereocenters. The summed E-state index contributed by atoms with van der Waals surface area (Å²) in [4.78, 5) is 16.3. The van der Waals surface area contributed by atoms with Crippen molar-refractivity contribution in [2.24, 2.45) is 0 Å². The van der Waals surface area contributed by atoms with Gasteiger partial charge >= 0.3 is 0 Å². The number of rotatable bonds is 3. The van der Waals surface area contributed by atoms with Crippen molar-refractivity contribution in [2.45, 2.75) is 13.8 Å². The van der Waals surface area contributed by atoms with Crippen molar-refractivity contribution < 1.29 is 9.53 Å². The first-order chi connectivity index (χ1) is 9.51. The van der Waals surface area contributed by atoms with Crippen molar-refractivity contribution in [2.75, 3.05) is 12.4 Å². The van der Waals surface area contributed by atoms with Crippen LogP contribution in [0.5, 0.6) is 5.75 Å². The lowest BCUT2D eigenvalue weighted by Crippen LogP contribution is -2.14. The van der Waals surface area contributed by atoms with Crippen LogP contribution in [0.25, 0.3) is 0 Å². The second-order valence-corrected chi connectivity index (χ2v) is 4.87. The summed E-state index contributed by atoms with van der Waals surface area (Å²) < 4.78 is 5.22. The molecule has 20 heavy (non-hydrogen) atoms. The van der Waals surface area contributed by atoms with Crippen LogP contribution >= 0.6 is 11.6 Å². The smallest absolute Gasteiger partial charge is 0.258 e. The number of amides is 1. The molecule has 0 fully saturated rings. The maximum atomic E-state index is 12.2. The number of carbonyl (C=O) groups excluding carboxylic acids is 1. The molecule has 2 aromatic rings. The normalized spacial score (nSPS) is 10.2. The molecule has 4 nitrogen and oxygen atoms in total. The monoisotopic (exact) mass is 290 g/mol. The molecule has 1 aromatic heterocycles. The molecule has 0 aliphatic rings. The number of hydrogen-bond acceptors (Lipinski definition) is 3. The number of benzene rings is 1. The molecule has 0 aliphatic heterocycles. The Bertz CT molecular complexity index is 656. The Hall–Kier alpha value is -2.07. The third kappa shape index (κ3) is 3.08. The number of methoxy groups -OCH3 is 1. The number of hydrogen-bond donors (Lipinski definition) is 1. The molecule has 0 unspecified atom stereocenters. The summed E-state index contributed by atoms with van der Waals surface area (Å²) in [6.45, 7) is 3.76. The van der Waals surface area contributed by atoms with E-state index in [-0.39, 0.29) is 5.91 Å². The lowest BCUT2D eigenvalue weighted by Gasteiger charge is -2.11. The van der Waals surface area contributed by atoms with Crippen molar-refractivity contribution >= 4 is 23.2 Å². The minimum absolute atomic E-state index is 0.314. The number of nitrogens with zero attached hydrogens (tertiary/aromatic N) is 1. The Morgan fingerprint density at radius 3 is 2.70 bits per heavy atom. The summed E-state index contributed by atoms with van der Waals surface area (Å²) >= 11 is 6.06. The summed E-state index contributed by atoms with van der Waals surface area (Å²) in [6, 6.07) is 7.21. The van der Waals surface area contributed by atoms with Crippen molar-refractivity contribution in [3.8, 4) is 5.75 Å². The zero-order chi connectivity index (χ0) is 14.7. The van der Waals surface area contributed by atoms with Crippen molar-refractivity contribution in [3.63, 3.8) is 0 Å². The van der Waals surface area contributed by atoms with Gasteiger partial charge in [-0.3, -0.25) is 9.78 Å². The van der Waals surface area contributed by atoms with Gasteiger partial charge in [-0.05, 0) is 37.6 Å². The average Bonchev–Trinajstić information content (AvgIpc) is 2.38. The van der Waals surface area contributed by atoms with Crippen LogP contribution in [0.15, 0.2) is 30.5 Å². The predicted octanol–water partition coefficient (Wildman–Crippen LogP) is 3.61. The number of aryl methyl sites for hydroxylation is 2. The predicted molar refractivity (Wildman–Crippen MR) is 79.7 cm³/mol. The molecular formula is C15H15ClN2O2. The SMILES string of the molecule is COc1ccc(C)cc1NC(=O)c1cnc(C)cc1Cl. The lowest BCUT2D eigenvalue weighted by atomic mass is 10.2. The topological polar surface area (TPSA) is 51.2 Å². The molecule has 1 heterocycles. The fourth-order valence-corrected chi connectivity index (χ4v) is 2.10. The summed E-state index contributed by atoms with van der Waals surface area (Å²) in [5.41, 5.74) is 2.73. The van der Waals surface area contributed by atoms with Gasteiger partial charge in [-0.25, -0.2) is 0 Å². The van der Waals surface area contributed by atoms with Gasteiger partial charge in [0.2, 0.25) is 0 Å². The first-order valence-electron chi connectivity index (χ1n) is 6.09. The third-order valence-electron chi connectivity index (χ3n) is 2.84. The van der Waals surface area contributed by atoms with Crippen LogP contribution in [0.4, 0.5) is 5.69 Å². The molecule has 0 aliphatic carbocycles. The summed E-state index contributed by atoms with van der Waals surface area (Å²) in [5, 5.41) is 3.17. The van der Waals surface area contributed by atoms with E-state index in [1.807, 2.05) is 26.0 Å². The van der Waals surface area contributed by atoms with Crippen molar-refractivity contribution in [3.05, 3.63) is 52.3 Å². The molecule has 104 valence electrons. The highest BCUT2D eigenvalue weighted by Crippen LogP contribution is 2.26. The van der Waals surface area contributed by atoms with Crippen molar-refractivity contribution in [1.82, 2.24) is 4.98 Å². The number of pyridine rings is 1. The van der Waals surface area contributed by atoms with Gasteiger partial charge in [0, 0.05) is 11.9 Å². The highest BCUT2D eigenvalue weighted by atomic mass is 35.5. The van der Waals surface area contributed by atoms with E-state index >= 15 is 0 Å². The summed E-state index contributed by atoms with van der Waals surface area (Å²) in [5.74, 6) is 0.284. The standard InChI is InChI=1S/C15H15ClN2O2/c1-9-4-5-14(20-3)13(6-9)18-15(19)11-8-17-10(2)7-12(11)16/h4-8H,1-3H3,(H,18,19). The quantitative estimate of drug-likeness (QED) is 0.939. The van der Waals surface area contributed by atoms with Gasteiger partial charge in [-0.15, -0.1) is 0 Å². The Labute approximate surface area is 122 Å². The van der Waals surface area contributed by atoms with Gasteiger partial charge in [-0.1, -0.05) is 17.7 Å². The number of anilines is 1.